The summed E-state index contributed by atoms with van der Waals surface area (Å²) < 4.78 is 19.0. The van der Waals surface area contributed by atoms with Gasteiger partial charge in [-0.25, -0.2) is 4.39 Å². The molecule has 2 N–H and O–H groups in total. The second kappa shape index (κ2) is 3.45. The third-order valence-corrected chi connectivity index (χ3v) is 3.47. The normalized spacial score (nSPS) is 21.9. The highest BCUT2D eigenvalue weighted by atomic mass is 19.1. The maximum atomic E-state index is 13.5. The van der Waals surface area contributed by atoms with Crippen molar-refractivity contribution in [3.63, 3.8) is 0 Å². The van der Waals surface area contributed by atoms with Crippen LogP contribution in [0.3, 0.4) is 0 Å². The average Bonchev–Trinajstić information content (AvgIpc) is 3.14. The first-order valence-electron chi connectivity index (χ1n) is 5.89. The van der Waals surface area contributed by atoms with Crippen LogP contribution in [0.1, 0.15) is 31.2 Å². The van der Waals surface area contributed by atoms with Gasteiger partial charge in [-0.1, -0.05) is 6.07 Å². The minimum Gasteiger partial charge on any atom is -0.490 e. The van der Waals surface area contributed by atoms with Gasteiger partial charge in [0.15, 0.2) is 11.6 Å². The molecule has 0 unspecified atom stereocenters. The zero-order valence-corrected chi connectivity index (χ0v) is 9.21. The molecule has 2 aliphatic rings. The molecular weight excluding hydrogens is 205 g/mol. The lowest BCUT2D eigenvalue weighted by atomic mass is 10.1. The number of hydrogen-bond acceptors (Lipinski definition) is 2. The van der Waals surface area contributed by atoms with Crippen LogP contribution < -0.4 is 10.5 Å². The summed E-state index contributed by atoms with van der Waals surface area (Å²) in [6, 6.07) is 5.00. The van der Waals surface area contributed by atoms with Gasteiger partial charge in [0.25, 0.3) is 0 Å². The van der Waals surface area contributed by atoms with Crippen molar-refractivity contribution in [2.75, 3.05) is 6.61 Å². The topological polar surface area (TPSA) is 35.2 Å². The Morgan fingerprint density at radius 2 is 2.12 bits per heavy atom. The van der Waals surface area contributed by atoms with Gasteiger partial charge in [-0.15, -0.1) is 0 Å². The number of rotatable bonds is 4. The molecule has 2 aliphatic carbocycles. The summed E-state index contributed by atoms with van der Waals surface area (Å²) in [5.41, 5.74) is 6.86. The molecule has 2 saturated carbocycles. The fraction of sp³-hybridized carbons (Fsp3) is 0.538. The van der Waals surface area contributed by atoms with Gasteiger partial charge < -0.3 is 10.5 Å². The zero-order valence-electron chi connectivity index (χ0n) is 9.21. The monoisotopic (exact) mass is 221 g/mol. The molecule has 0 heterocycles. The zero-order chi connectivity index (χ0) is 11.2. The summed E-state index contributed by atoms with van der Waals surface area (Å²) in [6.07, 6.45) is 4.39. The molecule has 2 nitrogen and oxygen atoms in total. The average molecular weight is 221 g/mol. The first-order chi connectivity index (χ1) is 7.67. The van der Waals surface area contributed by atoms with Crippen LogP contribution in [-0.4, -0.2) is 6.61 Å². The molecule has 0 amide bonds. The van der Waals surface area contributed by atoms with Crippen LogP contribution in [0.2, 0.25) is 0 Å². The number of benzene rings is 1. The highest BCUT2D eigenvalue weighted by molar-refractivity contribution is 5.37. The van der Waals surface area contributed by atoms with Crippen molar-refractivity contribution < 1.29 is 9.13 Å². The maximum Gasteiger partial charge on any atom is 0.165 e. The maximum absolute atomic E-state index is 13.5. The summed E-state index contributed by atoms with van der Waals surface area (Å²) in [6.45, 7) is 0.637. The van der Waals surface area contributed by atoms with Crippen LogP contribution in [0.15, 0.2) is 18.2 Å². The van der Waals surface area contributed by atoms with Crippen molar-refractivity contribution in [2.45, 2.75) is 31.2 Å². The van der Waals surface area contributed by atoms with Gasteiger partial charge in [0.2, 0.25) is 0 Å². The van der Waals surface area contributed by atoms with Crippen molar-refractivity contribution >= 4 is 0 Å². The molecule has 3 rings (SSSR count). The SMILES string of the molecule is NC1(c2ccc(F)c(OCC3CC3)c2)CC1. The Bertz CT molecular complexity index is 410. The van der Waals surface area contributed by atoms with Crippen LogP contribution in [-0.2, 0) is 5.54 Å². The lowest BCUT2D eigenvalue weighted by Crippen LogP contribution is -2.18. The van der Waals surface area contributed by atoms with Gasteiger partial charge >= 0.3 is 0 Å². The molecule has 0 bridgehead atoms. The van der Waals surface area contributed by atoms with E-state index in [-0.39, 0.29) is 11.4 Å². The molecule has 0 aliphatic heterocycles. The van der Waals surface area contributed by atoms with E-state index in [4.69, 9.17) is 10.5 Å². The number of ether oxygens (including phenoxy) is 1. The smallest absolute Gasteiger partial charge is 0.165 e. The van der Waals surface area contributed by atoms with Crippen LogP contribution in [0.5, 0.6) is 5.75 Å². The van der Waals surface area contributed by atoms with Gasteiger partial charge in [-0.2, -0.15) is 0 Å². The Morgan fingerprint density at radius 3 is 2.75 bits per heavy atom. The van der Waals surface area contributed by atoms with E-state index < -0.39 is 0 Å². The summed E-state index contributed by atoms with van der Waals surface area (Å²) in [7, 11) is 0. The Kier molecular flexibility index (Phi) is 2.18. The second-order valence-corrected chi connectivity index (χ2v) is 5.06. The fourth-order valence-corrected chi connectivity index (χ4v) is 1.84. The molecule has 3 heteroatoms. The predicted octanol–water partition coefficient (Wildman–Crippen LogP) is 2.56. The highest BCUT2D eigenvalue weighted by Gasteiger charge is 2.40. The molecule has 0 spiro atoms. The Labute approximate surface area is 94.6 Å². The van der Waals surface area contributed by atoms with Crippen LogP contribution in [0.25, 0.3) is 0 Å². The molecule has 0 atom stereocenters. The minimum atomic E-state index is -0.284. The molecule has 0 radical (unpaired) electrons. The van der Waals surface area contributed by atoms with E-state index in [2.05, 4.69) is 0 Å². The summed E-state index contributed by atoms with van der Waals surface area (Å²) in [5.74, 6) is 0.714. The van der Waals surface area contributed by atoms with E-state index in [0.29, 0.717) is 18.3 Å². The predicted molar refractivity (Wildman–Crippen MR) is 59.7 cm³/mol. The summed E-state index contributed by atoms with van der Waals surface area (Å²) in [5, 5.41) is 0. The van der Waals surface area contributed by atoms with Gasteiger partial charge in [0.05, 0.1) is 6.61 Å². The summed E-state index contributed by atoms with van der Waals surface area (Å²) in [4.78, 5) is 0. The van der Waals surface area contributed by atoms with E-state index in [0.717, 1.165) is 18.4 Å². The number of halogens is 1. The Balaban J connectivity index is 1.78. The molecule has 2 fully saturated rings. The van der Waals surface area contributed by atoms with Crippen molar-refractivity contribution in [1.29, 1.82) is 0 Å². The van der Waals surface area contributed by atoms with E-state index >= 15 is 0 Å². The highest BCUT2D eigenvalue weighted by Crippen LogP contribution is 2.44. The Hall–Kier alpha value is -1.09. The lowest BCUT2D eigenvalue weighted by Gasteiger charge is -2.12. The minimum absolute atomic E-state index is 0.217. The fourth-order valence-electron chi connectivity index (χ4n) is 1.84. The molecule has 16 heavy (non-hydrogen) atoms. The van der Waals surface area contributed by atoms with Crippen LogP contribution in [0, 0.1) is 11.7 Å². The summed E-state index contributed by atoms with van der Waals surface area (Å²) >= 11 is 0. The first kappa shape index (κ1) is 10.1. The van der Waals surface area contributed by atoms with Crippen molar-refractivity contribution in [1.82, 2.24) is 0 Å². The number of nitrogens with two attached hydrogens (primary N) is 1. The van der Waals surface area contributed by atoms with Gasteiger partial charge in [0, 0.05) is 5.54 Å². The van der Waals surface area contributed by atoms with Gasteiger partial charge in [-0.3, -0.25) is 0 Å². The molecule has 0 aromatic heterocycles. The van der Waals surface area contributed by atoms with Crippen molar-refractivity contribution in [3.8, 4) is 5.75 Å². The first-order valence-corrected chi connectivity index (χ1v) is 5.89. The van der Waals surface area contributed by atoms with Crippen molar-refractivity contribution in [2.24, 2.45) is 11.7 Å². The third kappa shape index (κ3) is 1.92. The van der Waals surface area contributed by atoms with E-state index in [1.54, 1.807) is 12.1 Å². The quantitative estimate of drug-likeness (QED) is 0.848. The second-order valence-electron chi connectivity index (χ2n) is 5.06. The van der Waals surface area contributed by atoms with E-state index in [1.807, 2.05) is 0 Å². The van der Waals surface area contributed by atoms with Gasteiger partial charge in [-0.05, 0) is 49.3 Å². The molecule has 1 aromatic rings. The van der Waals surface area contributed by atoms with Crippen LogP contribution in [0.4, 0.5) is 4.39 Å². The van der Waals surface area contributed by atoms with E-state index in [9.17, 15) is 4.39 Å². The molecular formula is C13H16FNO. The van der Waals surface area contributed by atoms with E-state index in [1.165, 1.54) is 18.9 Å². The molecule has 86 valence electrons. The van der Waals surface area contributed by atoms with Crippen molar-refractivity contribution in [3.05, 3.63) is 29.6 Å². The molecule has 0 saturated heterocycles. The largest absolute Gasteiger partial charge is 0.490 e. The standard InChI is InChI=1S/C13H16FNO/c14-11-4-3-10(13(15)5-6-13)7-12(11)16-8-9-1-2-9/h3-4,7,9H,1-2,5-6,8,15H2. The molecule has 1 aromatic carbocycles. The van der Waals surface area contributed by atoms with Crippen LogP contribution >= 0.6 is 0 Å². The number of hydrogen-bond donors (Lipinski definition) is 1. The lowest BCUT2D eigenvalue weighted by molar-refractivity contribution is 0.285. The Morgan fingerprint density at radius 1 is 1.38 bits per heavy atom. The van der Waals surface area contributed by atoms with Gasteiger partial charge in [0.1, 0.15) is 0 Å². The third-order valence-electron chi connectivity index (χ3n) is 3.47.